The fraction of sp³-hybridized carbons (Fsp3) is 0.0833. The molecule has 1 aromatic heterocycles. The van der Waals surface area contributed by atoms with E-state index in [1.807, 2.05) is 0 Å². The summed E-state index contributed by atoms with van der Waals surface area (Å²) in [4.78, 5) is 11.0. The first kappa shape index (κ1) is 12.0. The zero-order valence-corrected chi connectivity index (χ0v) is 10.5. The average molecular weight is 269 g/mol. The number of hydrogen-bond donors (Lipinski definition) is 1. The molecule has 0 aliphatic heterocycles. The van der Waals surface area contributed by atoms with Crippen molar-refractivity contribution in [3.05, 3.63) is 39.5 Å². The molecular weight excluding hydrogens is 260 g/mol. The number of halogens is 1. The molecule has 88 valence electrons. The van der Waals surface area contributed by atoms with Gasteiger partial charge in [-0.2, -0.15) is 11.3 Å². The molecule has 17 heavy (non-hydrogen) atoms. The molecule has 0 radical (unpaired) electrons. The molecular formula is C12H9ClO3S. The molecule has 1 heterocycles. The van der Waals surface area contributed by atoms with Crippen LogP contribution in [0.4, 0.5) is 0 Å². The molecule has 0 spiro atoms. The van der Waals surface area contributed by atoms with E-state index in [9.17, 15) is 4.79 Å². The van der Waals surface area contributed by atoms with Gasteiger partial charge in [-0.1, -0.05) is 17.7 Å². The van der Waals surface area contributed by atoms with Gasteiger partial charge in [0.05, 0.1) is 17.7 Å². The Balaban J connectivity index is 2.50. The highest BCUT2D eigenvalue weighted by molar-refractivity contribution is 7.08. The Morgan fingerprint density at radius 1 is 1.41 bits per heavy atom. The quantitative estimate of drug-likeness (QED) is 0.922. The minimum absolute atomic E-state index is 0.288. The van der Waals surface area contributed by atoms with Crippen molar-refractivity contribution in [1.29, 1.82) is 0 Å². The lowest BCUT2D eigenvalue weighted by Crippen LogP contribution is -1.95. The second-order valence-electron chi connectivity index (χ2n) is 3.35. The summed E-state index contributed by atoms with van der Waals surface area (Å²) in [5.74, 6) is -0.365. The molecule has 0 aliphatic rings. The summed E-state index contributed by atoms with van der Waals surface area (Å²) in [5.41, 5.74) is 1.73. The van der Waals surface area contributed by atoms with Gasteiger partial charge in [0.2, 0.25) is 0 Å². The minimum atomic E-state index is -0.937. The van der Waals surface area contributed by atoms with E-state index in [2.05, 4.69) is 0 Å². The molecule has 0 bridgehead atoms. The third-order valence-corrected chi connectivity index (χ3v) is 3.39. The SMILES string of the molecule is COc1ccc(-c2cscc2C(=O)O)cc1Cl. The van der Waals surface area contributed by atoms with Gasteiger partial charge in [0, 0.05) is 10.9 Å². The first-order chi connectivity index (χ1) is 8.13. The van der Waals surface area contributed by atoms with Crippen LogP contribution in [0.1, 0.15) is 10.4 Å². The van der Waals surface area contributed by atoms with Crippen molar-refractivity contribution in [3.63, 3.8) is 0 Å². The van der Waals surface area contributed by atoms with Crippen molar-refractivity contribution >= 4 is 28.9 Å². The van der Waals surface area contributed by atoms with Gasteiger partial charge in [-0.15, -0.1) is 0 Å². The van der Waals surface area contributed by atoms with Gasteiger partial charge in [0.25, 0.3) is 0 Å². The van der Waals surface area contributed by atoms with E-state index in [1.165, 1.54) is 18.4 Å². The molecule has 0 saturated carbocycles. The van der Waals surface area contributed by atoms with Crippen molar-refractivity contribution < 1.29 is 14.6 Å². The summed E-state index contributed by atoms with van der Waals surface area (Å²) < 4.78 is 5.05. The average Bonchev–Trinajstić information content (AvgIpc) is 2.77. The van der Waals surface area contributed by atoms with Gasteiger partial charge in [-0.25, -0.2) is 4.79 Å². The largest absolute Gasteiger partial charge is 0.495 e. The van der Waals surface area contributed by atoms with Crippen LogP contribution in [0.5, 0.6) is 5.75 Å². The lowest BCUT2D eigenvalue weighted by Gasteiger charge is -2.05. The van der Waals surface area contributed by atoms with E-state index < -0.39 is 5.97 Å². The smallest absolute Gasteiger partial charge is 0.337 e. The lowest BCUT2D eigenvalue weighted by molar-refractivity contribution is 0.0698. The Morgan fingerprint density at radius 3 is 2.76 bits per heavy atom. The topological polar surface area (TPSA) is 46.5 Å². The predicted octanol–water partition coefficient (Wildman–Crippen LogP) is 3.78. The van der Waals surface area contributed by atoms with E-state index in [1.54, 1.807) is 29.0 Å². The summed E-state index contributed by atoms with van der Waals surface area (Å²) >= 11 is 7.36. The third-order valence-electron chi connectivity index (χ3n) is 2.36. The summed E-state index contributed by atoms with van der Waals surface area (Å²) in [5, 5.41) is 12.9. The number of benzene rings is 1. The highest BCUT2D eigenvalue weighted by atomic mass is 35.5. The predicted molar refractivity (Wildman–Crippen MR) is 68.3 cm³/mol. The molecule has 0 unspecified atom stereocenters. The maximum absolute atomic E-state index is 11.0. The highest BCUT2D eigenvalue weighted by Gasteiger charge is 2.13. The Kier molecular flexibility index (Phi) is 3.36. The Morgan fingerprint density at radius 2 is 2.18 bits per heavy atom. The molecule has 0 aliphatic carbocycles. The van der Waals surface area contributed by atoms with E-state index in [-0.39, 0.29) is 5.56 Å². The molecule has 0 saturated heterocycles. The number of carboxylic acid groups (broad SMARTS) is 1. The summed E-state index contributed by atoms with van der Waals surface area (Å²) in [6.45, 7) is 0. The second kappa shape index (κ2) is 4.77. The number of carbonyl (C=O) groups is 1. The molecule has 2 aromatic rings. The fourth-order valence-corrected chi connectivity index (χ4v) is 2.61. The van der Waals surface area contributed by atoms with Gasteiger partial charge < -0.3 is 9.84 Å². The van der Waals surface area contributed by atoms with Gasteiger partial charge >= 0.3 is 5.97 Å². The van der Waals surface area contributed by atoms with Crippen molar-refractivity contribution in [2.45, 2.75) is 0 Å². The van der Waals surface area contributed by atoms with Crippen molar-refractivity contribution in [2.75, 3.05) is 7.11 Å². The number of thiophene rings is 1. The first-order valence-electron chi connectivity index (χ1n) is 4.77. The Labute approximate surface area is 107 Å². The van der Waals surface area contributed by atoms with E-state index >= 15 is 0 Å². The number of aromatic carboxylic acids is 1. The summed E-state index contributed by atoms with van der Waals surface area (Å²) in [7, 11) is 1.54. The van der Waals surface area contributed by atoms with Gasteiger partial charge in [0.15, 0.2) is 0 Å². The van der Waals surface area contributed by atoms with Crippen molar-refractivity contribution in [2.24, 2.45) is 0 Å². The number of hydrogen-bond acceptors (Lipinski definition) is 3. The molecule has 0 amide bonds. The van der Waals surface area contributed by atoms with E-state index in [0.29, 0.717) is 16.3 Å². The molecule has 1 aromatic carbocycles. The highest BCUT2D eigenvalue weighted by Crippen LogP contribution is 2.33. The van der Waals surface area contributed by atoms with Gasteiger partial charge in [-0.05, 0) is 23.1 Å². The number of methoxy groups -OCH3 is 1. The monoisotopic (exact) mass is 268 g/mol. The second-order valence-corrected chi connectivity index (χ2v) is 4.50. The van der Waals surface area contributed by atoms with Crippen LogP contribution in [-0.4, -0.2) is 18.2 Å². The number of carboxylic acids is 1. The normalized spacial score (nSPS) is 10.2. The first-order valence-corrected chi connectivity index (χ1v) is 6.09. The van der Waals surface area contributed by atoms with Crippen LogP contribution < -0.4 is 4.74 Å². The van der Waals surface area contributed by atoms with Crippen LogP contribution >= 0.6 is 22.9 Å². The van der Waals surface area contributed by atoms with Crippen LogP contribution in [0, 0.1) is 0 Å². The minimum Gasteiger partial charge on any atom is -0.495 e. The zero-order chi connectivity index (χ0) is 12.4. The van der Waals surface area contributed by atoms with Crippen LogP contribution in [0.15, 0.2) is 29.0 Å². The van der Waals surface area contributed by atoms with Crippen LogP contribution in [-0.2, 0) is 0 Å². The Bertz CT molecular complexity index is 563. The van der Waals surface area contributed by atoms with Gasteiger partial charge in [0.1, 0.15) is 5.75 Å². The maximum Gasteiger partial charge on any atom is 0.337 e. The number of ether oxygens (including phenoxy) is 1. The van der Waals surface area contributed by atoms with E-state index in [0.717, 1.165) is 5.56 Å². The molecule has 1 N–H and O–H groups in total. The van der Waals surface area contributed by atoms with E-state index in [4.69, 9.17) is 21.4 Å². The van der Waals surface area contributed by atoms with Crippen molar-refractivity contribution in [3.8, 4) is 16.9 Å². The van der Waals surface area contributed by atoms with Crippen LogP contribution in [0.25, 0.3) is 11.1 Å². The standard InChI is InChI=1S/C12H9ClO3S/c1-16-11-3-2-7(4-10(11)13)8-5-17-6-9(8)12(14)15/h2-6H,1H3,(H,14,15). The Hall–Kier alpha value is -1.52. The van der Waals surface area contributed by atoms with Crippen LogP contribution in [0.3, 0.4) is 0 Å². The molecule has 5 heteroatoms. The summed E-state index contributed by atoms with van der Waals surface area (Å²) in [6.07, 6.45) is 0. The lowest BCUT2D eigenvalue weighted by atomic mass is 10.0. The van der Waals surface area contributed by atoms with Gasteiger partial charge in [-0.3, -0.25) is 0 Å². The fourth-order valence-electron chi connectivity index (χ4n) is 1.52. The molecule has 0 fully saturated rings. The molecule has 0 atom stereocenters. The molecule has 3 nitrogen and oxygen atoms in total. The third kappa shape index (κ3) is 2.28. The number of rotatable bonds is 3. The van der Waals surface area contributed by atoms with Crippen LogP contribution in [0.2, 0.25) is 5.02 Å². The summed E-state index contributed by atoms with van der Waals surface area (Å²) in [6, 6.07) is 5.22. The maximum atomic E-state index is 11.0. The zero-order valence-electron chi connectivity index (χ0n) is 8.94. The van der Waals surface area contributed by atoms with Crippen molar-refractivity contribution in [1.82, 2.24) is 0 Å². The molecule has 2 rings (SSSR count).